The van der Waals surface area contributed by atoms with Gasteiger partial charge in [-0.05, 0) is 37.5 Å². The number of aryl methyl sites for hydroxylation is 1. The Balaban J connectivity index is 1.55. The van der Waals surface area contributed by atoms with E-state index < -0.39 is 11.5 Å². The number of hydrogen-bond acceptors (Lipinski definition) is 4. The molecule has 0 bridgehead atoms. The molecular formula is C18H19N5O3. The summed E-state index contributed by atoms with van der Waals surface area (Å²) in [6.45, 7) is 2.69. The molecule has 1 fully saturated rings. The minimum Gasteiger partial charge on any atom is -0.479 e. The summed E-state index contributed by atoms with van der Waals surface area (Å²) in [6.07, 6.45) is 9.01. The number of imidazole rings is 2. The van der Waals surface area contributed by atoms with Gasteiger partial charge in [0, 0.05) is 37.9 Å². The van der Waals surface area contributed by atoms with Crippen molar-refractivity contribution in [3.63, 3.8) is 0 Å². The van der Waals surface area contributed by atoms with Crippen LogP contribution in [-0.4, -0.2) is 53.9 Å². The Hall–Kier alpha value is -3.16. The summed E-state index contributed by atoms with van der Waals surface area (Å²) < 4.78 is 3.45. The number of piperidine rings is 1. The van der Waals surface area contributed by atoms with E-state index in [1.54, 1.807) is 28.1 Å². The van der Waals surface area contributed by atoms with Crippen LogP contribution >= 0.6 is 0 Å². The molecule has 3 aromatic heterocycles. The summed E-state index contributed by atoms with van der Waals surface area (Å²) in [5.41, 5.74) is 1.12. The van der Waals surface area contributed by atoms with E-state index in [-0.39, 0.29) is 5.91 Å². The molecule has 1 aliphatic rings. The summed E-state index contributed by atoms with van der Waals surface area (Å²) in [5, 5.41) is 9.76. The van der Waals surface area contributed by atoms with Gasteiger partial charge < -0.3 is 19.0 Å². The SMILES string of the molecule is Cc1ccn2cc(C(=O)N3CCC(C(=O)O)(n4ccnc4)CC3)nc2c1. The highest BCUT2D eigenvalue weighted by Gasteiger charge is 2.44. The summed E-state index contributed by atoms with van der Waals surface area (Å²) in [7, 11) is 0. The number of carboxylic acid groups (broad SMARTS) is 1. The molecule has 0 spiro atoms. The van der Waals surface area contributed by atoms with Gasteiger partial charge in [0.2, 0.25) is 0 Å². The highest BCUT2D eigenvalue weighted by atomic mass is 16.4. The maximum absolute atomic E-state index is 12.8. The number of amides is 1. The lowest BCUT2D eigenvalue weighted by Gasteiger charge is -2.39. The van der Waals surface area contributed by atoms with Gasteiger partial charge in [0.1, 0.15) is 16.9 Å². The molecule has 1 aliphatic heterocycles. The van der Waals surface area contributed by atoms with Gasteiger partial charge >= 0.3 is 5.97 Å². The first-order valence-corrected chi connectivity index (χ1v) is 8.46. The molecular weight excluding hydrogens is 334 g/mol. The van der Waals surface area contributed by atoms with Gasteiger partial charge in [-0.15, -0.1) is 0 Å². The van der Waals surface area contributed by atoms with E-state index in [0.29, 0.717) is 31.6 Å². The molecule has 8 nitrogen and oxygen atoms in total. The zero-order chi connectivity index (χ0) is 18.3. The molecule has 134 valence electrons. The van der Waals surface area contributed by atoms with Crippen LogP contribution in [-0.2, 0) is 10.3 Å². The van der Waals surface area contributed by atoms with Crippen molar-refractivity contribution in [1.29, 1.82) is 0 Å². The van der Waals surface area contributed by atoms with Gasteiger partial charge in [-0.2, -0.15) is 0 Å². The smallest absolute Gasteiger partial charge is 0.330 e. The van der Waals surface area contributed by atoms with E-state index in [9.17, 15) is 14.7 Å². The molecule has 1 saturated heterocycles. The summed E-state index contributed by atoms with van der Waals surface area (Å²) >= 11 is 0. The lowest BCUT2D eigenvalue weighted by Crippen LogP contribution is -2.52. The lowest BCUT2D eigenvalue weighted by atomic mass is 9.87. The molecule has 4 rings (SSSR count). The standard InChI is InChI=1S/C18H19N5O3/c1-13-2-6-22-11-14(20-15(22)10-13)16(24)21-7-3-18(4-8-21,17(25)26)23-9-5-19-12-23/h2,5-6,9-12H,3-4,7-8H2,1H3,(H,25,26). The normalized spacial score (nSPS) is 16.7. The van der Waals surface area contributed by atoms with Crippen LogP contribution in [0.5, 0.6) is 0 Å². The predicted octanol–water partition coefficient (Wildman–Crippen LogP) is 1.56. The van der Waals surface area contributed by atoms with Crippen LogP contribution in [0.2, 0.25) is 0 Å². The maximum Gasteiger partial charge on any atom is 0.330 e. The van der Waals surface area contributed by atoms with Crippen molar-refractivity contribution in [3.8, 4) is 0 Å². The molecule has 0 atom stereocenters. The van der Waals surface area contributed by atoms with Crippen LogP contribution in [0.3, 0.4) is 0 Å². The predicted molar refractivity (Wildman–Crippen MR) is 92.9 cm³/mol. The van der Waals surface area contributed by atoms with Gasteiger partial charge in [-0.1, -0.05) is 0 Å². The largest absolute Gasteiger partial charge is 0.479 e. The fourth-order valence-electron chi connectivity index (χ4n) is 3.52. The average molecular weight is 353 g/mol. The van der Waals surface area contributed by atoms with Gasteiger partial charge in [0.25, 0.3) is 5.91 Å². The van der Waals surface area contributed by atoms with E-state index in [1.165, 1.54) is 6.33 Å². The third-order valence-electron chi connectivity index (χ3n) is 5.11. The number of hydrogen-bond donors (Lipinski definition) is 1. The van der Waals surface area contributed by atoms with Crippen molar-refractivity contribution in [2.24, 2.45) is 0 Å². The third-order valence-corrected chi connectivity index (χ3v) is 5.11. The monoisotopic (exact) mass is 353 g/mol. The number of fused-ring (bicyclic) bond motifs is 1. The van der Waals surface area contributed by atoms with E-state index in [1.807, 2.05) is 29.7 Å². The van der Waals surface area contributed by atoms with E-state index in [2.05, 4.69) is 9.97 Å². The average Bonchev–Trinajstić information content (AvgIpc) is 3.30. The number of carbonyl (C=O) groups excluding carboxylic acids is 1. The number of aromatic nitrogens is 4. The van der Waals surface area contributed by atoms with E-state index >= 15 is 0 Å². The number of nitrogens with zero attached hydrogens (tertiary/aromatic N) is 5. The topological polar surface area (TPSA) is 92.7 Å². The van der Waals surface area contributed by atoms with Crippen molar-refractivity contribution >= 4 is 17.5 Å². The highest BCUT2D eigenvalue weighted by Crippen LogP contribution is 2.31. The van der Waals surface area contributed by atoms with E-state index in [4.69, 9.17) is 0 Å². The van der Waals surface area contributed by atoms with Crippen molar-refractivity contribution in [1.82, 2.24) is 23.8 Å². The molecule has 0 aliphatic carbocycles. The van der Waals surface area contributed by atoms with Crippen molar-refractivity contribution in [3.05, 3.63) is 54.5 Å². The quantitative estimate of drug-likeness (QED) is 0.771. The highest BCUT2D eigenvalue weighted by molar-refractivity contribution is 5.93. The Labute approximate surface area is 149 Å². The zero-order valence-electron chi connectivity index (χ0n) is 14.4. The molecule has 3 aromatic rings. The second-order valence-corrected chi connectivity index (χ2v) is 6.69. The molecule has 1 amide bonds. The Morgan fingerprint density at radius 3 is 2.65 bits per heavy atom. The Morgan fingerprint density at radius 1 is 1.23 bits per heavy atom. The summed E-state index contributed by atoms with van der Waals surface area (Å²) in [4.78, 5) is 34.8. The van der Waals surface area contributed by atoms with Crippen LogP contribution in [0.4, 0.5) is 0 Å². The van der Waals surface area contributed by atoms with Crippen LogP contribution in [0, 0.1) is 6.92 Å². The molecule has 8 heteroatoms. The van der Waals surface area contributed by atoms with Crippen LogP contribution < -0.4 is 0 Å². The second kappa shape index (κ2) is 5.98. The molecule has 1 N–H and O–H groups in total. The molecule has 0 radical (unpaired) electrons. The minimum atomic E-state index is -1.05. The number of likely N-dealkylation sites (tertiary alicyclic amines) is 1. The number of carboxylic acids is 1. The first-order chi connectivity index (χ1) is 12.5. The van der Waals surface area contributed by atoms with Crippen LogP contribution in [0.15, 0.2) is 43.2 Å². The maximum atomic E-state index is 12.8. The number of carbonyl (C=O) groups is 2. The molecule has 26 heavy (non-hydrogen) atoms. The molecule has 0 aromatic carbocycles. The lowest BCUT2D eigenvalue weighted by molar-refractivity contribution is -0.150. The van der Waals surface area contributed by atoms with Crippen LogP contribution in [0.25, 0.3) is 5.65 Å². The molecule has 4 heterocycles. The zero-order valence-corrected chi connectivity index (χ0v) is 14.4. The van der Waals surface area contributed by atoms with Gasteiger partial charge in [0.05, 0.1) is 6.33 Å². The first kappa shape index (κ1) is 16.3. The molecule has 0 saturated carbocycles. The fourth-order valence-corrected chi connectivity index (χ4v) is 3.52. The van der Waals surface area contributed by atoms with Crippen molar-refractivity contribution < 1.29 is 14.7 Å². The van der Waals surface area contributed by atoms with E-state index in [0.717, 1.165) is 11.2 Å². The number of pyridine rings is 1. The van der Waals surface area contributed by atoms with Crippen molar-refractivity contribution in [2.45, 2.75) is 25.3 Å². The third kappa shape index (κ3) is 2.54. The Bertz CT molecular complexity index is 968. The van der Waals surface area contributed by atoms with Gasteiger partial charge in [-0.3, -0.25) is 4.79 Å². The Kier molecular flexibility index (Phi) is 3.75. The van der Waals surface area contributed by atoms with Gasteiger partial charge in [-0.25, -0.2) is 14.8 Å². The van der Waals surface area contributed by atoms with Gasteiger partial charge in [0.15, 0.2) is 0 Å². The fraction of sp³-hybridized carbons (Fsp3) is 0.333. The summed E-state index contributed by atoms with van der Waals surface area (Å²) in [6, 6.07) is 3.87. The Morgan fingerprint density at radius 2 is 2.00 bits per heavy atom. The number of rotatable bonds is 3. The van der Waals surface area contributed by atoms with Crippen molar-refractivity contribution in [2.75, 3.05) is 13.1 Å². The summed E-state index contributed by atoms with van der Waals surface area (Å²) in [5.74, 6) is -1.07. The molecule has 0 unspecified atom stereocenters. The van der Waals surface area contributed by atoms with Crippen LogP contribution in [0.1, 0.15) is 28.9 Å². The number of aliphatic carboxylic acids is 1. The minimum absolute atomic E-state index is 0.170. The second-order valence-electron chi connectivity index (χ2n) is 6.69. The first-order valence-electron chi connectivity index (χ1n) is 8.46.